The van der Waals surface area contributed by atoms with Crippen LogP contribution in [-0.2, 0) is 27.8 Å². The molecule has 0 unspecified atom stereocenters. The van der Waals surface area contributed by atoms with E-state index in [9.17, 15) is 9.59 Å². The Hall–Kier alpha value is -3.07. The highest BCUT2D eigenvalue weighted by atomic mass is 32.2. The van der Waals surface area contributed by atoms with Crippen LogP contribution in [0.3, 0.4) is 0 Å². The Labute approximate surface area is 179 Å². The number of esters is 1. The van der Waals surface area contributed by atoms with E-state index in [0.29, 0.717) is 11.6 Å². The molecule has 1 N–H and O–H groups in total. The summed E-state index contributed by atoms with van der Waals surface area (Å²) in [7, 11) is 1.99. The van der Waals surface area contributed by atoms with Crippen LogP contribution in [0.5, 0.6) is 0 Å². The van der Waals surface area contributed by atoms with E-state index in [1.807, 2.05) is 65.7 Å². The lowest BCUT2D eigenvalue weighted by atomic mass is 10.2. The van der Waals surface area contributed by atoms with Crippen molar-refractivity contribution >= 4 is 23.6 Å². The number of amides is 1. The van der Waals surface area contributed by atoms with Crippen molar-refractivity contribution in [2.24, 2.45) is 7.05 Å². The molecule has 0 saturated carbocycles. The van der Waals surface area contributed by atoms with Crippen molar-refractivity contribution in [2.75, 3.05) is 18.9 Å². The Bertz CT molecular complexity index is 1010. The molecule has 8 nitrogen and oxygen atoms in total. The molecule has 3 rings (SSSR count). The van der Waals surface area contributed by atoms with Gasteiger partial charge in [0, 0.05) is 31.0 Å². The minimum absolute atomic E-state index is 0.119. The minimum atomic E-state index is -0.455. The van der Waals surface area contributed by atoms with Crippen LogP contribution in [0.2, 0.25) is 0 Å². The van der Waals surface area contributed by atoms with E-state index in [1.54, 1.807) is 6.92 Å². The standard InChI is InChI=1S/C21H25N5O3S/c1-4-29-20(28)13-22-19(27)14-30-21-24-23-18(12-17-6-5-11-25(17)3)26(21)16-9-7-15(2)8-10-16/h5-11H,4,12-14H2,1-3H3,(H,22,27). The first-order valence-electron chi connectivity index (χ1n) is 9.64. The zero-order valence-corrected chi connectivity index (χ0v) is 18.1. The summed E-state index contributed by atoms with van der Waals surface area (Å²) in [6.07, 6.45) is 2.60. The number of hydrogen-bond acceptors (Lipinski definition) is 6. The van der Waals surface area contributed by atoms with Gasteiger partial charge in [0.15, 0.2) is 5.16 Å². The predicted molar refractivity (Wildman–Crippen MR) is 115 cm³/mol. The van der Waals surface area contributed by atoms with Crippen molar-refractivity contribution in [1.82, 2.24) is 24.6 Å². The van der Waals surface area contributed by atoms with Gasteiger partial charge in [0.2, 0.25) is 5.91 Å². The van der Waals surface area contributed by atoms with Gasteiger partial charge in [-0.15, -0.1) is 10.2 Å². The highest BCUT2D eigenvalue weighted by molar-refractivity contribution is 7.99. The Balaban J connectivity index is 1.77. The van der Waals surface area contributed by atoms with Crippen LogP contribution >= 0.6 is 11.8 Å². The minimum Gasteiger partial charge on any atom is -0.465 e. The monoisotopic (exact) mass is 427 g/mol. The van der Waals surface area contributed by atoms with Gasteiger partial charge in [-0.05, 0) is 38.1 Å². The molecule has 0 atom stereocenters. The van der Waals surface area contributed by atoms with Crippen molar-refractivity contribution < 1.29 is 14.3 Å². The molecule has 30 heavy (non-hydrogen) atoms. The fourth-order valence-corrected chi connectivity index (χ4v) is 3.67. The fourth-order valence-electron chi connectivity index (χ4n) is 2.87. The smallest absolute Gasteiger partial charge is 0.325 e. The van der Waals surface area contributed by atoms with Gasteiger partial charge in [0.25, 0.3) is 0 Å². The molecule has 158 valence electrons. The number of aryl methyl sites for hydroxylation is 2. The number of carbonyl (C=O) groups is 2. The Morgan fingerprint density at radius 1 is 1.17 bits per heavy atom. The fraction of sp³-hybridized carbons (Fsp3) is 0.333. The van der Waals surface area contributed by atoms with Gasteiger partial charge < -0.3 is 14.6 Å². The SMILES string of the molecule is CCOC(=O)CNC(=O)CSc1nnc(Cc2cccn2C)n1-c1ccc(C)cc1. The number of rotatable bonds is 9. The molecule has 3 aromatic rings. The van der Waals surface area contributed by atoms with Crippen LogP contribution in [0.25, 0.3) is 5.69 Å². The highest BCUT2D eigenvalue weighted by Gasteiger charge is 2.17. The Morgan fingerprint density at radius 2 is 1.93 bits per heavy atom. The van der Waals surface area contributed by atoms with Crippen LogP contribution in [-0.4, -0.2) is 50.1 Å². The van der Waals surface area contributed by atoms with Gasteiger partial charge in [-0.1, -0.05) is 29.5 Å². The topological polar surface area (TPSA) is 91.0 Å². The third kappa shape index (κ3) is 5.50. The van der Waals surface area contributed by atoms with E-state index in [-0.39, 0.29) is 24.8 Å². The first-order valence-corrected chi connectivity index (χ1v) is 10.6. The van der Waals surface area contributed by atoms with Crippen LogP contribution in [0.1, 0.15) is 24.0 Å². The van der Waals surface area contributed by atoms with Crippen molar-refractivity contribution in [2.45, 2.75) is 25.4 Å². The normalized spacial score (nSPS) is 10.8. The maximum Gasteiger partial charge on any atom is 0.325 e. The Kier molecular flexibility index (Phi) is 7.29. The molecule has 2 heterocycles. The van der Waals surface area contributed by atoms with Gasteiger partial charge in [0.1, 0.15) is 12.4 Å². The molecule has 0 spiro atoms. The number of thioether (sulfide) groups is 1. The third-order valence-electron chi connectivity index (χ3n) is 4.45. The molecule has 0 aliphatic carbocycles. The van der Waals surface area contributed by atoms with E-state index >= 15 is 0 Å². The van der Waals surface area contributed by atoms with E-state index in [2.05, 4.69) is 15.5 Å². The summed E-state index contributed by atoms with van der Waals surface area (Å²) in [4.78, 5) is 23.5. The van der Waals surface area contributed by atoms with E-state index in [1.165, 1.54) is 11.8 Å². The largest absolute Gasteiger partial charge is 0.465 e. The summed E-state index contributed by atoms with van der Waals surface area (Å²) in [5, 5.41) is 11.9. The maximum atomic E-state index is 12.1. The summed E-state index contributed by atoms with van der Waals surface area (Å²) in [5.74, 6) is 0.183. The zero-order valence-electron chi connectivity index (χ0n) is 17.3. The number of hydrogen-bond donors (Lipinski definition) is 1. The second kappa shape index (κ2) is 10.1. The van der Waals surface area contributed by atoms with Crippen molar-refractivity contribution in [3.05, 3.63) is 59.7 Å². The van der Waals surface area contributed by atoms with Gasteiger partial charge in [0.05, 0.1) is 12.4 Å². The summed E-state index contributed by atoms with van der Waals surface area (Å²) in [6, 6.07) is 12.1. The average molecular weight is 428 g/mol. The molecule has 1 aromatic carbocycles. The van der Waals surface area contributed by atoms with Crippen LogP contribution in [0, 0.1) is 6.92 Å². The van der Waals surface area contributed by atoms with Gasteiger partial charge in [-0.3, -0.25) is 14.2 Å². The number of carbonyl (C=O) groups excluding carboxylic acids is 2. The van der Waals surface area contributed by atoms with Crippen LogP contribution < -0.4 is 5.32 Å². The second-order valence-electron chi connectivity index (χ2n) is 6.73. The van der Waals surface area contributed by atoms with Gasteiger partial charge in [-0.25, -0.2) is 0 Å². The quantitative estimate of drug-likeness (QED) is 0.416. The molecular weight excluding hydrogens is 402 g/mol. The van der Waals surface area contributed by atoms with Crippen molar-refractivity contribution in [3.63, 3.8) is 0 Å². The third-order valence-corrected chi connectivity index (χ3v) is 5.38. The summed E-state index contributed by atoms with van der Waals surface area (Å²) in [5.41, 5.74) is 3.20. The number of aromatic nitrogens is 4. The lowest BCUT2D eigenvalue weighted by Gasteiger charge is -2.11. The first kappa shape index (κ1) is 21.6. The molecule has 0 aliphatic heterocycles. The number of ether oxygens (including phenoxy) is 1. The maximum absolute atomic E-state index is 12.1. The van der Waals surface area contributed by atoms with Crippen LogP contribution in [0.4, 0.5) is 0 Å². The molecule has 0 saturated heterocycles. The highest BCUT2D eigenvalue weighted by Crippen LogP contribution is 2.24. The predicted octanol–water partition coefficient (Wildman–Crippen LogP) is 2.28. The number of nitrogens with zero attached hydrogens (tertiary/aromatic N) is 4. The molecule has 9 heteroatoms. The molecule has 1 amide bonds. The van der Waals surface area contributed by atoms with Crippen molar-refractivity contribution in [1.29, 1.82) is 0 Å². The van der Waals surface area contributed by atoms with Crippen molar-refractivity contribution in [3.8, 4) is 5.69 Å². The molecular formula is C21H25N5O3S. The Morgan fingerprint density at radius 3 is 2.60 bits per heavy atom. The average Bonchev–Trinajstić information content (AvgIpc) is 3.32. The molecule has 2 aromatic heterocycles. The molecule has 0 radical (unpaired) electrons. The lowest BCUT2D eigenvalue weighted by molar-refractivity contribution is -0.143. The van der Waals surface area contributed by atoms with Gasteiger partial charge in [-0.2, -0.15) is 0 Å². The van der Waals surface area contributed by atoms with Gasteiger partial charge >= 0.3 is 5.97 Å². The summed E-state index contributed by atoms with van der Waals surface area (Å²) >= 11 is 1.28. The van der Waals surface area contributed by atoms with E-state index < -0.39 is 5.97 Å². The summed E-state index contributed by atoms with van der Waals surface area (Å²) < 4.78 is 8.83. The van der Waals surface area contributed by atoms with E-state index in [0.717, 1.165) is 22.8 Å². The second-order valence-corrected chi connectivity index (χ2v) is 7.67. The number of benzene rings is 1. The molecule has 0 aliphatic rings. The molecule has 0 bridgehead atoms. The first-order chi connectivity index (χ1) is 14.5. The van der Waals surface area contributed by atoms with Crippen LogP contribution in [0.15, 0.2) is 47.8 Å². The number of nitrogens with one attached hydrogen (secondary N) is 1. The summed E-state index contributed by atoms with van der Waals surface area (Å²) in [6.45, 7) is 3.90. The lowest BCUT2D eigenvalue weighted by Crippen LogP contribution is -2.31. The van der Waals surface area contributed by atoms with E-state index in [4.69, 9.17) is 4.74 Å². The zero-order chi connectivity index (χ0) is 21.5. The molecule has 0 fully saturated rings.